The van der Waals surface area contributed by atoms with E-state index in [4.69, 9.17) is 20.2 Å². The maximum Gasteiger partial charge on any atom is 0.232 e. The molecule has 0 aliphatic heterocycles. The topological polar surface area (TPSA) is 52.6 Å². The van der Waals surface area contributed by atoms with Gasteiger partial charge in [-0.1, -0.05) is 20.3 Å². The smallest absolute Gasteiger partial charge is 0.232 e. The quantitative estimate of drug-likeness (QED) is 0.432. The molecule has 0 rings (SSSR count). The Labute approximate surface area is 109 Å². The van der Waals surface area contributed by atoms with E-state index in [2.05, 4.69) is 13.8 Å². The Morgan fingerprint density at radius 3 is 2.24 bits per heavy atom. The summed E-state index contributed by atoms with van der Waals surface area (Å²) >= 11 is 0. The van der Waals surface area contributed by atoms with Crippen molar-refractivity contribution in [2.75, 3.05) is 32.2 Å². The summed E-state index contributed by atoms with van der Waals surface area (Å²) in [4.78, 5) is 0. The Morgan fingerprint density at radius 2 is 1.65 bits per heavy atom. The molecule has 0 aliphatic rings. The van der Waals surface area contributed by atoms with Crippen LogP contribution >= 0.6 is 10.7 Å². The summed E-state index contributed by atoms with van der Waals surface area (Å²) < 4.78 is 31.9. The molecule has 0 atom stereocenters. The number of hydrogen-bond acceptors (Lipinski definition) is 4. The van der Waals surface area contributed by atoms with E-state index >= 15 is 0 Å². The van der Waals surface area contributed by atoms with Crippen molar-refractivity contribution in [3.8, 4) is 0 Å². The molecule has 0 spiro atoms. The molecule has 0 saturated carbocycles. The Kier molecular flexibility index (Phi) is 10.2. The second-order valence-corrected chi connectivity index (χ2v) is 7.28. The van der Waals surface area contributed by atoms with Gasteiger partial charge in [0.15, 0.2) is 0 Å². The van der Waals surface area contributed by atoms with Gasteiger partial charge >= 0.3 is 0 Å². The summed E-state index contributed by atoms with van der Waals surface area (Å²) in [7, 11) is 1.75. The summed E-state index contributed by atoms with van der Waals surface area (Å²) in [5.74, 6) is 0.596. The molecule has 0 aromatic heterocycles. The van der Waals surface area contributed by atoms with Gasteiger partial charge < -0.3 is 9.47 Å². The van der Waals surface area contributed by atoms with Gasteiger partial charge in [0.25, 0.3) is 0 Å². The van der Waals surface area contributed by atoms with Crippen molar-refractivity contribution < 1.29 is 17.9 Å². The van der Waals surface area contributed by atoms with Crippen molar-refractivity contribution in [3.05, 3.63) is 0 Å². The molecule has 0 heterocycles. The van der Waals surface area contributed by atoms with Gasteiger partial charge in [0, 0.05) is 23.9 Å². The number of hydrogen-bond donors (Lipinski definition) is 0. The zero-order valence-corrected chi connectivity index (χ0v) is 12.2. The van der Waals surface area contributed by atoms with E-state index < -0.39 is 9.05 Å². The minimum Gasteiger partial charge on any atom is -0.379 e. The zero-order valence-electron chi connectivity index (χ0n) is 10.7. The number of ether oxygens (including phenoxy) is 2. The van der Waals surface area contributed by atoms with E-state index in [0.29, 0.717) is 32.2 Å². The lowest BCUT2D eigenvalue weighted by atomic mass is 10.2. The average Bonchev–Trinajstić information content (AvgIpc) is 2.18. The highest BCUT2D eigenvalue weighted by molar-refractivity contribution is 8.13. The van der Waals surface area contributed by atoms with Gasteiger partial charge in [0.1, 0.15) is 0 Å². The molecule has 0 fully saturated rings. The van der Waals surface area contributed by atoms with Crippen LogP contribution in [0.2, 0.25) is 0 Å². The van der Waals surface area contributed by atoms with Crippen molar-refractivity contribution >= 4 is 19.7 Å². The largest absolute Gasteiger partial charge is 0.379 e. The minimum absolute atomic E-state index is 0.0477. The van der Waals surface area contributed by atoms with Crippen LogP contribution in [0.1, 0.15) is 33.1 Å². The lowest BCUT2D eigenvalue weighted by Gasteiger charge is -2.07. The van der Waals surface area contributed by atoms with Crippen LogP contribution in [0.15, 0.2) is 0 Å². The molecule has 6 heteroatoms. The molecular formula is C11H23ClO4S. The van der Waals surface area contributed by atoms with Gasteiger partial charge in [-0.25, -0.2) is 8.42 Å². The Bertz CT molecular complexity index is 265. The highest BCUT2D eigenvalue weighted by atomic mass is 35.7. The Morgan fingerprint density at radius 1 is 1.00 bits per heavy atom. The number of halogens is 1. The predicted octanol–water partition coefficient (Wildman–Crippen LogP) is 2.41. The van der Waals surface area contributed by atoms with Crippen LogP contribution in [0.5, 0.6) is 0 Å². The third-order valence-electron chi connectivity index (χ3n) is 2.00. The molecule has 0 unspecified atom stereocenters. The van der Waals surface area contributed by atoms with Gasteiger partial charge in [-0.15, -0.1) is 0 Å². The van der Waals surface area contributed by atoms with Crippen LogP contribution in [-0.2, 0) is 18.5 Å². The molecule has 0 aromatic carbocycles. The molecule has 0 aromatic rings. The molecule has 0 aliphatic carbocycles. The minimum atomic E-state index is -3.33. The SMILES string of the molecule is CC(C)COCCOCCCCCS(=O)(=O)Cl. The molecule has 0 bridgehead atoms. The normalized spacial score (nSPS) is 12.2. The number of rotatable bonds is 11. The molecule has 0 amide bonds. The third kappa shape index (κ3) is 16.2. The standard InChI is InChI=1S/C11H23ClO4S/c1-11(2)10-16-8-7-15-6-4-3-5-9-17(12,13)14/h11H,3-10H2,1-2H3. The van der Waals surface area contributed by atoms with Gasteiger partial charge in [-0.3, -0.25) is 0 Å². The van der Waals surface area contributed by atoms with Crippen molar-refractivity contribution in [2.24, 2.45) is 5.92 Å². The summed E-state index contributed by atoms with van der Waals surface area (Å²) in [5, 5.41) is 0. The van der Waals surface area contributed by atoms with Crippen LogP contribution in [0, 0.1) is 5.92 Å². The maximum absolute atomic E-state index is 10.6. The van der Waals surface area contributed by atoms with Crippen LogP contribution < -0.4 is 0 Å². The third-order valence-corrected chi connectivity index (χ3v) is 3.24. The van der Waals surface area contributed by atoms with Crippen LogP contribution in [0.3, 0.4) is 0 Å². The van der Waals surface area contributed by atoms with Gasteiger partial charge in [-0.05, 0) is 18.8 Å². The monoisotopic (exact) mass is 286 g/mol. The fourth-order valence-electron chi connectivity index (χ4n) is 1.19. The number of unbranched alkanes of at least 4 members (excludes halogenated alkanes) is 2. The first-order valence-electron chi connectivity index (χ1n) is 5.99. The zero-order chi connectivity index (χ0) is 13.1. The fourth-order valence-corrected chi connectivity index (χ4v) is 2.07. The highest BCUT2D eigenvalue weighted by Crippen LogP contribution is 2.03. The second kappa shape index (κ2) is 10.1. The first-order valence-corrected chi connectivity index (χ1v) is 8.47. The van der Waals surface area contributed by atoms with E-state index in [1.54, 1.807) is 0 Å². The Balaban J connectivity index is 3.09. The molecule has 17 heavy (non-hydrogen) atoms. The van der Waals surface area contributed by atoms with Crippen LogP contribution in [-0.4, -0.2) is 40.6 Å². The van der Waals surface area contributed by atoms with Crippen molar-refractivity contribution in [1.29, 1.82) is 0 Å². The van der Waals surface area contributed by atoms with Gasteiger partial charge in [-0.2, -0.15) is 0 Å². The molecule has 0 saturated heterocycles. The fraction of sp³-hybridized carbons (Fsp3) is 1.00. The molecule has 4 nitrogen and oxygen atoms in total. The maximum atomic E-state index is 10.6. The van der Waals surface area contributed by atoms with E-state index in [1.807, 2.05) is 0 Å². The van der Waals surface area contributed by atoms with Crippen molar-refractivity contribution in [3.63, 3.8) is 0 Å². The van der Waals surface area contributed by atoms with Crippen LogP contribution in [0.4, 0.5) is 0 Å². The van der Waals surface area contributed by atoms with E-state index in [9.17, 15) is 8.42 Å². The van der Waals surface area contributed by atoms with E-state index in [1.165, 1.54) is 0 Å². The summed E-state index contributed by atoms with van der Waals surface area (Å²) in [5.41, 5.74) is 0. The average molecular weight is 287 g/mol. The first kappa shape index (κ1) is 17.2. The summed E-state index contributed by atoms with van der Waals surface area (Å²) in [6.07, 6.45) is 2.27. The van der Waals surface area contributed by atoms with Gasteiger partial charge in [0.2, 0.25) is 9.05 Å². The Hall–Kier alpha value is 0.160. The summed E-state index contributed by atoms with van der Waals surface area (Å²) in [6.45, 7) is 6.83. The van der Waals surface area contributed by atoms with E-state index in [-0.39, 0.29) is 5.75 Å². The molecule has 104 valence electrons. The van der Waals surface area contributed by atoms with Crippen molar-refractivity contribution in [2.45, 2.75) is 33.1 Å². The second-order valence-electron chi connectivity index (χ2n) is 4.38. The summed E-state index contributed by atoms with van der Waals surface area (Å²) in [6, 6.07) is 0. The van der Waals surface area contributed by atoms with Gasteiger partial charge in [0.05, 0.1) is 19.0 Å². The van der Waals surface area contributed by atoms with E-state index in [0.717, 1.165) is 19.4 Å². The van der Waals surface area contributed by atoms with Crippen molar-refractivity contribution in [1.82, 2.24) is 0 Å². The lowest BCUT2D eigenvalue weighted by Crippen LogP contribution is -2.09. The molecular weight excluding hydrogens is 264 g/mol. The predicted molar refractivity (Wildman–Crippen MR) is 70.0 cm³/mol. The first-order chi connectivity index (χ1) is 7.92. The lowest BCUT2D eigenvalue weighted by molar-refractivity contribution is 0.0367. The van der Waals surface area contributed by atoms with Crippen LogP contribution in [0.25, 0.3) is 0 Å². The molecule has 0 N–H and O–H groups in total. The molecule has 0 radical (unpaired) electrons. The highest BCUT2D eigenvalue weighted by Gasteiger charge is 2.03.